The summed E-state index contributed by atoms with van der Waals surface area (Å²) >= 11 is 9.24. The van der Waals surface area contributed by atoms with Crippen molar-refractivity contribution in [2.45, 2.75) is 6.92 Å². The van der Waals surface area contributed by atoms with Crippen molar-refractivity contribution >= 4 is 50.1 Å². The van der Waals surface area contributed by atoms with E-state index in [1.165, 1.54) is 0 Å². The van der Waals surface area contributed by atoms with Crippen molar-refractivity contribution in [2.24, 2.45) is 0 Å². The van der Waals surface area contributed by atoms with E-state index in [1.54, 1.807) is 24.3 Å². The molecule has 0 radical (unpaired) electrons. The van der Waals surface area contributed by atoms with Crippen LogP contribution in [0.25, 0.3) is 11.0 Å². The summed E-state index contributed by atoms with van der Waals surface area (Å²) in [6, 6.07) is 12.6. The molecule has 3 rings (SSSR count). The first kappa shape index (κ1) is 14.2. The van der Waals surface area contributed by atoms with Crippen LogP contribution in [0.15, 0.2) is 51.4 Å². The molecule has 1 N–H and O–H groups in total. The van der Waals surface area contributed by atoms with Crippen molar-refractivity contribution < 1.29 is 9.21 Å². The lowest BCUT2D eigenvalue weighted by atomic mass is 10.1. The molecule has 0 atom stereocenters. The van der Waals surface area contributed by atoms with Crippen LogP contribution in [-0.4, -0.2) is 5.91 Å². The molecule has 5 heteroatoms. The van der Waals surface area contributed by atoms with Gasteiger partial charge >= 0.3 is 0 Å². The third-order valence-corrected chi connectivity index (χ3v) is 3.95. The van der Waals surface area contributed by atoms with E-state index in [2.05, 4.69) is 21.2 Å². The van der Waals surface area contributed by atoms with Gasteiger partial charge in [0, 0.05) is 26.1 Å². The Morgan fingerprint density at radius 1 is 1.19 bits per heavy atom. The first-order valence-corrected chi connectivity index (χ1v) is 7.47. The lowest BCUT2D eigenvalue weighted by molar-refractivity contribution is 0.0998. The summed E-state index contributed by atoms with van der Waals surface area (Å²) in [6.07, 6.45) is 0. The van der Waals surface area contributed by atoms with Gasteiger partial charge in [0.05, 0.1) is 0 Å². The second-order valence-corrected chi connectivity index (χ2v) is 6.01. The SMILES string of the molecule is Cc1c(C(=O)Nc2ccc(Cl)cc2)oc2ccc(Br)cc12. The molecule has 2 aromatic carbocycles. The van der Waals surface area contributed by atoms with E-state index >= 15 is 0 Å². The zero-order valence-electron chi connectivity index (χ0n) is 11.1. The van der Waals surface area contributed by atoms with Crippen LogP contribution in [0.3, 0.4) is 0 Å². The fourth-order valence-electron chi connectivity index (χ4n) is 2.13. The van der Waals surface area contributed by atoms with Crippen LogP contribution in [0, 0.1) is 6.92 Å². The molecule has 1 heterocycles. The Kier molecular flexibility index (Phi) is 3.74. The van der Waals surface area contributed by atoms with Crippen LogP contribution in [0.4, 0.5) is 5.69 Å². The zero-order valence-corrected chi connectivity index (χ0v) is 13.5. The number of rotatable bonds is 2. The quantitative estimate of drug-likeness (QED) is 0.660. The molecular weight excluding hydrogens is 354 g/mol. The van der Waals surface area contributed by atoms with Crippen molar-refractivity contribution in [1.82, 2.24) is 0 Å². The molecular formula is C16H11BrClNO2. The molecule has 0 unspecified atom stereocenters. The first-order chi connectivity index (χ1) is 10.0. The van der Waals surface area contributed by atoms with Gasteiger partial charge in [-0.15, -0.1) is 0 Å². The van der Waals surface area contributed by atoms with Gasteiger partial charge in [-0.25, -0.2) is 0 Å². The molecule has 0 aliphatic heterocycles. The fraction of sp³-hybridized carbons (Fsp3) is 0.0625. The molecule has 1 amide bonds. The van der Waals surface area contributed by atoms with Crippen LogP contribution in [0.1, 0.15) is 16.1 Å². The van der Waals surface area contributed by atoms with Crippen molar-refractivity contribution in [2.75, 3.05) is 5.32 Å². The maximum atomic E-state index is 12.3. The predicted molar refractivity (Wildman–Crippen MR) is 88.1 cm³/mol. The number of aryl methyl sites for hydroxylation is 1. The normalized spacial score (nSPS) is 10.8. The topological polar surface area (TPSA) is 42.2 Å². The highest BCUT2D eigenvalue weighted by Crippen LogP contribution is 2.28. The summed E-state index contributed by atoms with van der Waals surface area (Å²) in [6.45, 7) is 1.87. The molecule has 0 aliphatic rings. The van der Waals surface area contributed by atoms with Gasteiger partial charge in [-0.05, 0) is 49.4 Å². The van der Waals surface area contributed by atoms with Crippen molar-refractivity contribution in [3.05, 3.63) is 63.3 Å². The lowest BCUT2D eigenvalue weighted by Crippen LogP contribution is -2.11. The highest BCUT2D eigenvalue weighted by Gasteiger charge is 2.17. The molecule has 0 spiro atoms. The monoisotopic (exact) mass is 363 g/mol. The van der Waals surface area contributed by atoms with Crippen LogP contribution >= 0.6 is 27.5 Å². The zero-order chi connectivity index (χ0) is 15.0. The first-order valence-electron chi connectivity index (χ1n) is 6.30. The molecule has 21 heavy (non-hydrogen) atoms. The number of hydrogen-bond acceptors (Lipinski definition) is 2. The number of amides is 1. The van der Waals surface area contributed by atoms with Crippen LogP contribution < -0.4 is 5.32 Å². The minimum Gasteiger partial charge on any atom is -0.451 e. The van der Waals surface area contributed by atoms with Crippen LogP contribution in [0.5, 0.6) is 0 Å². The molecule has 0 fully saturated rings. The van der Waals surface area contributed by atoms with Crippen molar-refractivity contribution in [3.63, 3.8) is 0 Å². The Balaban J connectivity index is 1.94. The standard InChI is InChI=1S/C16H11BrClNO2/c1-9-13-8-10(17)2-7-14(13)21-15(9)16(20)19-12-5-3-11(18)4-6-12/h2-8H,1H3,(H,19,20). The van der Waals surface area contributed by atoms with E-state index < -0.39 is 0 Å². The Bertz CT molecular complexity index is 824. The van der Waals surface area contributed by atoms with E-state index in [0.29, 0.717) is 22.1 Å². The Morgan fingerprint density at radius 3 is 2.62 bits per heavy atom. The number of anilines is 1. The number of benzene rings is 2. The second-order valence-electron chi connectivity index (χ2n) is 4.66. The average molecular weight is 365 g/mol. The lowest BCUT2D eigenvalue weighted by Gasteiger charge is -2.03. The maximum absolute atomic E-state index is 12.3. The van der Waals surface area contributed by atoms with Crippen LogP contribution in [-0.2, 0) is 0 Å². The summed E-state index contributed by atoms with van der Waals surface area (Å²) in [4.78, 5) is 12.3. The number of fused-ring (bicyclic) bond motifs is 1. The summed E-state index contributed by atoms with van der Waals surface area (Å²) in [5, 5.41) is 4.34. The van der Waals surface area contributed by atoms with E-state index in [0.717, 1.165) is 15.4 Å². The van der Waals surface area contributed by atoms with Crippen molar-refractivity contribution in [3.8, 4) is 0 Å². The molecule has 3 aromatic rings. The van der Waals surface area contributed by atoms with Gasteiger partial charge in [-0.1, -0.05) is 27.5 Å². The highest BCUT2D eigenvalue weighted by molar-refractivity contribution is 9.10. The van der Waals surface area contributed by atoms with E-state index in [1.807, 2.05) is 25.1 Å². The molecule has 0 saturated carbocycles. The third-order valence-electron chi connectivity index (χ3n) is 3.21. The van der Waals surface area contributed by atoms with Gasteiger partial charge in [-0.2, -0.15) is 0 Å². The molecule has 3 nitrogen and oxygen atoms in total. The number of hydrogen-bond donors (Lipinski definition) is 1. The van der Waals surface area contributed by atoms with Gasteiger partial charge in [0.15, 0.2) is 5.76 Å². The molecule has 106 valence electrons. The Hall–Kier alpha value is -1.78. The molecule has 0 saturated heterocycles. The van der Waals surface area contributed by atoms with Crippen LogP contribution in [0.2, 0.25) is 5.02 Å². The van der Waals surface area contributed by atoms with Gasteiger partial charge < -0.3 is 9.73 Å². The smallest absolute Gasteiger partial charge is 0.291 e. The number of nitrogens with one attached hydrogen (secondary N) is 1. The largest absolute Gasteiger partial charge is 0.451 e. The van der Waals surface area contributed by atoms with Gasteiger partial charge in [0.25, 0.3) is 5.91 Å². The summed E-state index contributed by atoms with van der Waals surface area (Å²) < 4.78 is 6.60. The van der Waals surface area contributed by atoms with Gasteiger partial charge in [0.2, 0.25) is 0 Å². The fourth-order valence-corrected chi connectivity index (χ4v) is 2.62. The van der Waals surface area contributed by atoms with E-state index in [-0.39, 0.29) is 5.91 Å². The van der Waals surface area contributed by atoms with E-state index in [9.17, 15) is 4.79 Å². The van der Waals surface area contributed by atoms with Gasteiger partial charge in [-0.3, -0.25) is 4.79 Å². The predicted octanol–water partition coefficient (Wildman–Crippen LogP) is 5.41. The number of halogens is 2. The molecule has 1 aromatic heterocycles. The van der Waals surface area contributed by atoms with Gasteiger partial charge in [0.1, 0.15) is 5.58 Å². The Morgan fingerprint density at radius 2 is 1.90 bits per heavy atom. The minimum atomic E-state index is -0.276. The average Bonchev–Trinajstić information content (AvgIpc) is 2.79. The Labute approximate surface area is 135 Å². The number of carbonyl (C=O) groups is 1. The minimum absolute atomic E-state index is 0.276. The van der Waals surface area contributed by atoms with Crippen molar-refractivity contribution in [1.29, 1.82) is 0 Å². The molecule has 0 bridgehead atoms. The summed E-state index contributed by atoms with van der Waals surface area (Å²) in [5.74, 6) is 0.0418. The highest BCUT2D eigenvalue weighted by atomic mass is 79.9. The second kappa shape index (κ2) is 5.54. The maximum Gasteiger partial charge on any atom is 0.291 e. The summed E-state index contributed by atoms with van der Waals surface area (Å²) in [5.41, 5.74) is 2.18. The van der Waals surface area contributed by atoms with E-state index in [4.69, 9.17) is 16.0 Å². The number of carbonyl (C=O) groups excluding carboxylic acids is 1. The molecule has 0 aliphatic carbocycles. The summed E-state index contributed by atoms with van der Waals surface area (Å²) in [7, 11) is 0. The number of furan rings is 1. The third kappa shape index (κ3) is 2.82.